The van der Waals surface area contributed by atoms with Crippen molar-refractivity contribution in [2.24, 2.45) is 0 Å². The fourth-order valence-electron chi connectivity index (χ4n) is 4.47. The lowest BCUT2D eigenvalue weighted by Crippen LogP contribution is -2.47. The minimum atomic E-state index is -1.07. The number of methoxy groups -OCH3 is 1. The molecular formula is C26H28N6O4. The second-order valence-corrected chi connectivity index (χ2v) is 8.72. The van der Waals surface area contributed by atoms with E-state index in [1.807, 2.05) is 36.4 Å². The molecule has 0 unspecified atom stereocenters. The van der Waals surface area contributed by atoms with E-state index in [0.717, 1.165) is 42.2 Å². The maximum absolute atomic E-state index is 12.9. The highest BCUT2D eigenvalue weighted by Gasteiger charge is 2.30. The van der Waals surface area contributed by atoms with Gasteiger partial charge in [-0.15, -0.1) is 0 Å². The largest absolute Gasteiger partial charge is 0.454 e. The van der Waals surface area contributed by atoms with Crippen molar-refractivity contribution >= 4 is 22.8 Å². The summed E-state index contributed by atoms with van der Waals surface area (Å²) in [4.78, 5) is 26.9. The van der Waals surface area contributed by atoms with Gasteiger partial charge in [0.25, 0.3) is 0 Å². The second-order valence-electron chi connectivity index (χ2n) is 8.72. The monoisotopic (exact) mass is 488 g/mol. The maximum Gasteiger partial charge on any atom is 0.243 e. The van der Waals surface area contributed by atoms with Crippen LogP contribution in [0.3, 0.4) is 0 Å². The zero-order valence-electron chi connectivity index (χ0n) is 20.1. The van der Waals surface area contributed by atoms with Crippen LogP contribution in [0.2, 0.25) is 0 Å². The van der Waals surface area contributed by atoms with Gasteiger partial charge in [-0.3, -0.25) is 9.69 Å². The molecule has 36 heavy (non-hydrogen) atoms. The van der Waals surface area contributed by atoms with Crippen LogP contribution in [-0.2, 0) is 16.1 Å². The van der Waals surface area contributed by atoms with E-state index in [1.54, 1.807) is 7.11 Å². The number of piperazine rings is 1. The Morgan fingerprint density at radius 2 is 1.86 bits per heavy atom. The number of anilines is 1. The first kappa shape index (κ1) is 23.8. The van der Waals surface area contributed by atoms with Crippen molar-refractivity contribution in [1.29, 1.82) is 5.26 Å². The van der Waals surface area contributed by atoms with Gasteiger partial charge in [0.1, 0.15) is 5.69 Å². The van der Waals surface area contributed by atoms with Gasteiger partial charge in [0.2, 0.25) is 12.7 Å². The number of para-hydroxylation sites is 2. The lowest BCUT2D eigenvalue weighted by atomic mass is 10.0. The molecule has 10 nitrogen and oxygen atoms in total. The average Bonchev–Trinajstić information content (AvgIpc) is 3.37. The predicted molar refractivity (Wildman–Crippen MR) is 133 cm³/mol. The lowest BCUT2D eigenvalue weighted by Gasteiger charge is -2.36. The molecule has 10 heteroatoms. The Morgan fingerprint density at radius 1 is 1.11 bits per heavy atom. The molecular weight excluding hydrogens is 460 g/mol. The molecule has 0 radical (unpaired) electrons. The van der Waals surface area contributed by atoms with Gasteiger partial charge in [-0.05, 0) is 29.8 Å². The van der Waals surface area contributed by atoms with Gasteiger partial charge in [0.05, 0.1) is 23.7 Å². The van der Waals surface area contributed by atoms with Gasteiger partial charge >= 0.3 is 0 Å². The summed E-state index contributed by atoms with van der Waals surface area (Å²) in [6.07, 6.45) is 0. The molecule has 0 aliphatic carbocycles. The van der Waals surface area contributed by atoms with Gasteiger partial charge in [-0.2, -0.15) is 5.26 Å². The molecule has 0 bridgehead atoms. The van der Waals surface area contributed by atoms with E-state index in [1.165, 1.54) is 0 Å². The Balaban J connectivity index is 1.34. The molecule has 3 heterocycles. The zero-order chi connectivity index (χ0) is 24.9. The molecule has 1 amide bonds. The molecule has 1 saturated heterocycles. The molecule has 0 saturated carbocycles. The molecule has 1 aromatic heterocycles. The van der Waals surface area contributed by atoms with E-state index in [-0.39, 0.29) is 6.79 Å². The van der Waals surface area contributed by atoms with Crippen molar-refractivity contribution in [3.8, 4) is 17.6 Å². The van der Waals surface area contributed by atoms with Gasteiger partial charge in [0, 0.05) is 46.4 Å². The van der Waals surface area contributed by atoms with E-state index in [0.29, 0.717) is 43.3 Å². The minimum absolute atomic E-state index is 0.265. The predicted octanol–water partition coefficient (Wildman–Crippen LogP) is 2.05. The number of fused-ring (bicyclic) bond motifs is 2. The summed E-state index contributed by atoms with van der Waals surface area (Å²) in [6.45, 7) is 4.76. The minimum Gasteiger partial charge on any atom is -0.454 e. The Kier molecular flexibility index (Phi) is 7.11. The van der Waals surface area contributed by atoms with Crippen LogP contribution in [-0.4, -0.2) is 74.0 Å². The lowest BCUT2D eigenvalue weighted by molar-refractivity contribution is -0.121. The van der Waals surface area contributed by atoms with E-state index in [4.69, 9.17) is 24.2 Å². The van der Waals surface area contributed by atoms with Crippen molar-refractivity contribution in [3.05, 3.63) is 53.7 Å². The van der Waals surface area contributed by atoms with Crippen molar-refractivity contribution in [1.82, 2.24) is 20.2 Å². The standard InChI is InChI=1S/C26H28N6O4/c1-34-13-8-28-26(33)19(15-27)24-25(30-21-5-3-2-4-20(21)29-24)32-11-9-31(10-12-32)16-18-6-7-22-23(14-18)36-17-35-22/h2-7,14,19H,8-13,16-17H2,1H3,(H,28,33)/t19-/m1/s1. The van der Waals surface area contributed by atoms with Crippen molar-refractivity contribution in [2.75, 3.05) is 58.1 Å². The second kappa shape index (κ2) is 10.8. The van der Waals surface area contributed by atoms with Crippen molar-refractivity contribution in [3.63, 3.8) is 0 Å². The summed E-state index contributed by atoms with van der Waals surface area (Å²) < 4.78 is 15.9. The van der Waals surface area contributed by atoms with Gasteiger partial charge in [0.15, 0.2) is 23.2 Å². The number of rotatable bonds is 8. The van der Waals surface area contributed by atoms with Gasteiger partial charge in [-0.1, -0.05) is 18.2 Å². The normalized spacial score (nSPS) is 16.1. The van der Waals surface area contributed by atoms with E-state index < -0.39 is 11.8 Å². The SMILES string of the molecule is COCCNC(=O)[C@H](C#N)c1nc2ccccc2nc1N1CCN(Cc2ccc3c(c2)OCO3)CC1. The number of ether oxygens (including phenoxy) is 3. The average molecular weight is 489 g/mol. The van der Waals surface area contributed by atoms with Crippen LogP contribution >= 0.6 is 0 Å². The number of hydrogen-bond acceptors (Lipinski definition) is 9. The number of nitrogens with zero attached hydrogens (tertiary/aromatic N) is 5. The van der Waals surface area contributed by atoms with Crippen LogP contribution in [0.1, 0.15) is 17.2 Å². The van der Waals surface area contributed by atoms with Crippen molar-refractivity contribution < 1.29 is 19.0 Å². The molecule has 3 aromatic rings. The topological polar surface area (TPSA) is 113 Å². The highest BCUT2D eigenvalue weighted by atomic mass is 16.7. The third-order valence-electron chi connectivity index (χ3n) is 6.36. The van der Waals surface area contributed by atoms with Crippen LogP contribution in [0.15, 0.2) is 42.5 Å². The number of benzene rings is 2. The molecule has 2 aromatic carbocycles. The Morgan fingerprint density at radius 3 is 2.61 bits per heavy atom. The van der Waals surface area contributed by atoms with Crippen LogP contribution < -0.4 is 19.7 Å². The molecule has 1 atom stereocenters. The third kappa shape index (κ3) is 5.03. The van der Waals surface area contributed by atoms with Gasteiger partial charge in [-0.25, -0.2) is 9.97 Å². The van der Waals surface area contributed by atoms with Crippen LogP contribution in [0, 0.1) is 11.3 Å². The number of carbonyl (C=O) groups excluding carboxylic acids is 1. The van der Waals surface area contributed by atoms with E-state index in [9.17, 15) is 10.1 Å². The van der Waals surface area contributed by atoms with Crippen molar-refractivity contribution in [2.45, 2.75) is 12.5 Å². The molecule has 2 aliphatic heterocycles. The van der Waals surface area contributed by atoms with Crippen LogP contribution in [0.25, 0.3) is 11.0 Å². The number of hydrogen-bond donors (Lipinski definition) is 1. The Bertz CT molecular complexity index is 1290. The van der Waals surface area contributed by atoms with Crippen LogP contribution in [0.4, 0.5) is 5.82 Å². The van der Waals surface area contributed by atoms with Crippen LogP contribution in [0.5, 0.6) is 11.5 Å². The highest BCUT2D eigenvalue weighted by molar-refractivity contribution is 5.88. The number of nitrogens with one attached hydrogen (secondary N) is 1. The quantitative estimate of drug-likeness (QED) is 0.476. The summed E-state index contributed by atoms with van der Waals surface area (Å²) in [6, 6.07) is 15.7. The van der Waals surface area contributed by atoms with E-state index in [2.05, 4.69) is 27.3 Å². The Labute approximate surface area is 209 Å². The summed E-state index contributed by atoms with van der Waals surface area (Å²) in [5.74, 6) is 0.685. The number of carbonyl (C=O) groups is 1. The fourth-order valence-corrected chi connectivity index (χ4v) is 4.47. The first-order valence-corrected chi connectivity index (χ1v) is 11.9. The molecule has 5 rings (SSSR count). The summed E-state index contributed by atoms with van der Waals surface area (Å²) in [5, 5.41) is 12.7. The summed E-state index contributed by atoms with van der Waals surface area (Å²) in [7, 11) is 1.56. The molecule has 1 fully saturated rings. The highest BCUT2D eigenvalue weighted by Crippen LogP contribution is 2.33. The zero-order valence-corrected chi connectivity index (χ0v) is 20.1. The summed E-state index contributed by atoms with van der Waals surface area (Å²) >= 11 is 0. The summed E-state index contributed by atoms with van der Waals surface area (Å²) in [5.41, 5.74) is 2.93. The molecule has 0 spiro atoms. The van der Waals surface area contributed by atoms with E-state index >= 15 is 0 Å². The fraction of sp³-hybridized carbons (Fsp3) is 0.385. The van der Waals surface area contributed by atoms with Gasteiger partial charge < -0.3 is 24.4 Å². The first-order valence-electron chi connectivity index (χ1n) is 11.9. The number of amides is 1. The molecule has 186 valence electrons. The number of nitriles is 1. The maximum atomic E-state index is 12.9. The molecule has 1 N–H and O–H groups in total. The third-order valence-corrected chi connectivity index (χ3v) is 6.36. The number of aromatic nitrogens is 2. The first-order chi connectivity index (χ1) is 17.7. The Hall–Kier alpha value is -3.94. The molecule has 2 aliphatic rings. The smallest absolute Gasteiger partial charge is 0.243 e.